The third kappa shape index (κ3) is 12.7. The van der Waals surface area contributed by atoms with Gasteiger partial charge < -0.3 is 28.1 Å². The van der Waals surface area contributed by atoms with Crippen molar-refractivity contribution in [2.24, 2.45) is 10.8 Å². The minimum absolute atomic E-state index is 0.0351. The summed E-state index contributed by atoms with van der Waals surface area (Å²) in [6.07, 6.45) is 2.16. The van der Waals surface area contributed by atoms with Crippen molar-refractivity contribution in [3.05, 3.63) is 181 Å². The summed E-state index contributed by atoms with van der Waals surface area (Å²) in [6, 6.07) is 41.2. The topological polar surface area (TPSA) is 55.7 Å². The van der Waals surface area contributed by atoms with E-state index in [1.54, 1.807) is 0 Å². The summed E-state index contributed by atoms with van der Waals surface area (Å²) in [4.78, 5) is 0. The van der Waals surface area contributed by atoms with Crippen LogP contribution < -0.4 is 10.4 Å². The van der Waals surface area contributed by atoms with Crippen LogP contribution in [0, 0.1) is 64.4 Å². The smallest absolute Gasteiger partial charge is 0.237 e. The minimum Gasteiger partial charge on any atom is -0.711 e. The van der Waals surface area contributed by atoms with Crippen LogP contribution >= 0.6 is 0 Å². The summed E-state index contributed by atoms with van der Waals surface area (Å²) in [6.45, 7) is 45.3. The van der Waals surface area contributed by atoms with Gasteiger partial charge in [0.1, 0.15) is 29.6 Å². The van der Waals surface area contributed by atoms with Crippen LogP contribution in [0.15, 0.2) is 121 Å². The second kappa shape index (κ2) is 23.0. The zero-order chi connectivity index (χ0) is 65.2. The standard InChI is InChI=1S/C79H96F2N2O4Si2/c1-48-24-28-58-60-30-26-56(88(17,18)19)44-68(60)82(66(58)34-48)70-40-52(78(11,12)46-76(5,6)7)38-62(72(70)84)64-42-54(80)36-50(3)74(64)86(15)32-23-33-87(16)75-51(4)37-55(81)43-65(75)63-39-53(79(13,14)47-77(8,9)10)41-71(73(63)85)83-67-35-49(2)25-29-59(67)61-31-27-57(45-69(61)83)89(20,21)22/h24-31,34-45,84-85H,15-16,23,32-33,46-47H2,1-14,17-22H3. The van der Waals surface area contributed by atoms with Gasteiger partial charge in [0.2, 0.25) is 11.5 Å². The fourth-order valence-electron chi connectivity index (χ4n) is 14.6. The number of aryl methyl sites for hydroxylation is 4. The Bertz CT molecular complexity index is 4140. The lowest BCUT2D eigenvalue weighted by Crippen LogP contribution is -2.37. The molecule has 0 spiro atoms. The first kappa shape index (κ1) is 64.8. The van der Waals surface area contributed by atoms with Gasteiger partial charge in [0.05, 0.1) is 60.7 Å². The monoisotopic (exact) mass is 1230 g/mol. The number of phenols is 2. The third-order valence-corrected chi connectivity index (χ3v) is 22.3. The molecule has 6 nitrogen and oxygen atoms in total. The number of hydrogen-bond donors (Lipinski definition) is 2. The molecule has 10 rings (SSSR count). The second-order valence-corrected chi connectivity index (χ2v) is 41.8. The Kier molecular flexibility index (Phi) is 16.7. The predicted molar refractivity (Wildman–Crippen MR) is 381 cm³/mol. The van der Waals surface area contributed by atoms with E-state index >= 15 is 8.78 Å². The zero-order valence-corrected chi connectivity index (χ0v) is 58.9. The number of phenolic OH excluding ortho intramolecular Hbond substituents is 2. The summed E-state index contributed by atoms with van der Waals surface area (Å²) in [5, 5.41) is 33.4. The van der Waals surface area contributed by atoms with Crippen molar-refractivity contribution in [2.45, 2.75) is 166 Å². The number of benzene rings is 8. The van der Waals surface area contributed by atoms with Crippen molar-refractivity contribution in [1.29, 1.82) is 0 Å². The quantitative estimate of drug-likeness (QED) is 0.0575. The average Bonchev–Trinajstić information content (AvgIpc) is 1.65. The summed E-state index contributed by atoms with van der Waals surface area (Å²) >= 11 is 0. The van der Waals surface area contributed by atoms with Crippen molar-refractivity contribution < 1.29 is 27.7 Å². The van der Waals surface area contributed by atoms with Crippen LogP contribution in [0.3, 0.4) is 0 Å². The van der Waals surface area contributed by atoms with E-state index in [2.05, 4.69) is 252 Å². The number of hydrogen-bond acceptors (Lipinski definition) is 2. The number of fused-ring (bicyclic) bond motifs is 6. The molecule has 0 unspecified atom stereocenters. The summed E-state index contributed by atoms with van der Waals surface area (Å²) < 4.78 is 43.2. The molecule has 0 amide bonds. The minimum atomic E-state index is -1.79. The highest BCUT2D eigenvalue weighted by molar-refractivity contribution is 6.89. The van der Waals surface area contributed by atoms with Crippen molar-refractivity contribution >= 4 is 70.1 Å². The fourth-order valence-corrected chi connectivity index (χ4v) is 16.9. The molecule has 0 saturated heterocycles. The van der Waals surface area contributed by atoms with E-state index < -0.39 is 27.8 Å². The van der Waals surface area contributed by atoms with Gasteiger partial charge in [-0.2, -0.15) is 0 Å². The van der Waals surface area contributed by atoms with Crippen molar-refractivity contribution in [3.8, 4) is 56.6 Å². The van der Waals surface area contributed by atoms with Gasteiger partial charge in [-0.25, -0.2) is 8.78 Å². The highest BCUT2D eigenvalue weighted by Crippen LogP contribution is 2.52. The summed E-state index contributed by atoms with van der Waals surface area (Å²) in [5.41, 5.74) is 12.0. The molecule has 0 fully saturated rings. The number of rotatable bonds is 16. The molecular weight excluding hydrogens is 1140 g/mol. The second-order valence-electron chi connectivity index (χ2n) is 31.6. The maximum absolute atomic E-state index is 16.3. The Balaban J connectivity index is 1.08. The average molecular weight is 1230 g/mol. The van der Waals surface area contributed by atoms with Gasteiger partial charge in [-0.15, -0.1) is 0 Å². The van der Waals surface area contributed by atoms with Crippen molar-refractivity contribution in [3.63, 3.8) is 0 Å². The fraction of sp³-hybridized carbons (Fsp3) is 0.367. The third-order valence-electron chi connectivity index (χ3n) is 18.2. The van der Waals surface area contributed by atoms with Gasteiger partial charge in [-0.1, -0.05) is 167 Å². The highest BCUT2D eigenvalue weighted by atomic mass is 28.3. The Morgan fingerprint density at radius 2 is 0.753 bits per heavy atom. The lowest BCUT2D eigenvalue weighted by atomic mass is 9.71. The van der Waals surface area contributed by atoms with Crippen LogP contribution in [0.1, 0.15) is 122 Å². The maximum Gasteiger partial charge on any atom is 0.237 e. The normalized spacial score (nSPS) is 13.0. The molecule has 89 heavy (non-hydrogen) atoms. The molecule has 2 N–H and O–H groups in total. The van der Waals surface area contributed by atoms with E-state index in [0.29, 0.717) is 75.9 Å². The Labute approximate surface area is 531 Å². The van der Waals surface area contributed by atoms with E-state index in [4.69, 9.17) is 0 Å². The highest BCUT2D eigenvalue weighted by Gasteiger charge is 2.35. The van der Waals surface area contributed by atoms with Gasteiger partial charge in [-0.3, -0.25) is 0 Å². The van der Waals surface area contributed by atoms with Crippen LogP contribution in [0.25, 0.3) is 77.2 Å². The molecule has 0 radical (unpaired) electrons. The van der Waals surface area contributed by atoms with Gasteiger partial charge in [0.15, 0.2) is 13.2 Å². The largest absolute Gasteiger partial charge is 0.711 e. The first-order chi connectivity index (χ1) is 41.2. The van der Waals surface area contributed by atoms with E-state index in [-0.39, 0.29) is 33.2 Å². The van der Waals surface area contributed by atoms with Crippen molar-refractivity contribution in [1.82, 2.24) is 9.13 Å². The molecule has 0 bridgehead atoms. The zero-order valence-electron chi connectivity index (χ0n) is 56.9. The molecule has 0 saturated carbocycles. The maximum atomic E-state index is 16.3. The molecule has 2 heterocycles. The van der Waals surface area contributed by atoms with E-state index in [0.717, 1.165) is 78.7 Å². The first-order valence-electron chi connectivity index (χ1n) is 31.7. The molecule has 8 aromatic carbocycles. The molecule has 2 aromatic heterocycles. The first-order valence-corrected chi connectivity index (χ1v) is 38.7. The molecule has 0 aliphatic heterocycles. The van der Waals surface area contributed by atoms with E-state index in [9.17, 15) is 10.2 Å². The van der Waals surface area contributed by atoms with E-state index in [1.807, 2.05) is 13.8 Å². The molecule has 10 aromatic rings. The SMILES string of the molecule is [CH2-][O+](CCC[O+]([CH2-])c1c(C)cc(F)cc1-c1cc(C(C)(C)CC(C)(C)C)cc(-n2c3cc(C)ccc3c3ccc([Si](C)(C)C)cc32)c1O)c1c(C)cc(F)cc1-c1cc(C(C)(C)CC(C)(C)C)cc(-n2c3cc(C)ccc3c3ccc([Si](C)(C)C)cc32)c1O. The van der Waals surface area contributed by atoms with E-state index in [1.165, 1.54) is 34.6 Å². The lowest BCUT2D eigenvalue weighted by molar-refractivity contribution is -0.0170. The van der Waals surface area contributed by atoms with Gasteiger partial charge in [-0.05, 0) is 171 Å². The number of halogens is 2. The predicted octanol–water partition coefficient (Wildman–Crippen LogP) is 21.9. The molecule has 468 valence electrons. The summed E-state index contributed by atoms with van der Waals surface area (Å²) in [5.74, 6) is 0.453. The van der Waals surface area contributed by atoms with Gasteiger partial charge in [0, 0.05) is 43.8 Å². The number of aromatic nitrogens is 2. The molecular formula is C79H96F2N2O4Si2. The Morgan fingerprint density at radius 1 is 0.427 bits per heavy atom. The van der Waals surface area contributed by atoms with Crippen molar-refractivity contribution in [2.75, 3.05) is 13.2 Å². The Hall–Kier alpha value is -7.15. The molecule has 0 atom stereocenters. The number of aromatic hydroxyl groups is 2. The van der Waals surface area contributed by atoms with Crippen LogP contribution in [-0.4, -0.2) is 48.7 Å². The van der Waals surface area contributed by atoms with Crippen LogP contribution in [0.4, 0.5) is 8.78 Å². The van der Waals surface area contributed by atoms with Crippen LogP contribution in [0.5, 0.6) is 23.0 Å². The molecule has 10 heteroatoms. The lowest BCUT2D eigenvalue weighted by Gasteiger charge is -2.35. The van der Waals surface area contributed by atoms with Gasteiger partial charge in [0.25, 0.3) is 0 Å². The number of nitrogens with zero attached hydrogens (tertiary/aromatic N) is 2. The molecule has 0 aliphatic carbocycles. The summed E-state index contributed by atoms with van der Waals surface area (Å²) in [7, 11) is 5.57. The van der Waals surface area contributed by atoms with Gasteiger partial charge >= 0.3 is 0 Å². The van der Waals surface area contributed by atoms with Crippen LogP contribution in [0.2, 0.25) is 39.3 Å². The Morgan fingerprint density at radius 3 is 1.08 bits per heavy atom. The van der Waals surface area contributed by atoms with Crippen LogP contribution in [-0.2, 0) is 19.6 Å². The molecule has 0 aliphatic rings.